The van der Waals surface area contributed by atoms with Crippen LogP contribution in [0, 0.1) is 0 Å². The first-order valence-electron chi connectivity index (χ1n) is 7.51. The summed E-state index contributed by atoms with van der Waals surface area (Å²) in [6.45, 7) is 0. The van der Waals surface area contributed by atoms with E-state index in [9.17, 15) is 9.59 Å². The molecule has 1 fully saturated rings. The minimum absolute atomic E-state index is 0.102. The van der Waals surface area contributed by atoms with Gasteiger partial charge in [0, 0.05) is 15.1 Å². The summed E-state index contributed by atoms with van der Waals surface area (Å²) in [5.74, 6) is -0.161. The van der Waals surface area contributed by atoms with Gasteiger partial charge < -0.3 is 5.32 Å². The Labute approximate surface area is 166 Å². The Kier molecular flexibility index (Phi) is 4.56. The van der Waals surface area contributed by atoms with Crippen LogP contribution in [0.5, 0.6) is 0 Å². The number of amidine groups is 1. The molecule has 4 rings (SSSR count). The van der Waals surface area contributed by atoms with Crippen molar-refractivity contribution in [3.8, 4) is 0 Å². The van der Waals surface area contributed by atoms with Crippen LogP contribution < -0.4 is 10.2 Å². The third-order valence-electron chi connectivity index (χ3n) is 3.79. The molecule has 0 unspecified atom stereocenters. The average Bonchev–Trinajstić information content (AvgIpc) is 3.13. The molecule has 2 amide bonds. The summed E-state index contributed by atoms with van der Waals surface area (Å²) in [5.41, 5.74) is 2.22. The van der Waals surface area contributed by atoms with E-state index in [1.165, 1.54) is 16.7 Å². The van der Waals surface area contributed by atoms with Gasteiger partial charge in [0.2, 0.25) is 5.91 Å². The lowest BCUT2D eigenvalue weighted by atomic mass is 10.1. The highest BCUT2D eigenvalue weighted by Crippen LogP contribution is 2.29. The van der Waals surface area contributed by atoms with Crippen LogP contribution in [0.4, 0.5) is 11.4 Å². The highest BCUT2D eigenvalue weighted by Gasteiger charge is 2.31. The largest absolute Gasteiger partial charge is 0.320 e. The molecule has 2 aliphatic rings. The van der Waals surface area contributed by atoms with Gasteiger partial charge in [-0.05, 0) is 42.5 Å². The number of benzene rings is 2. The minimum atomic E-state index is -0.324. The molecule has 0 atom stereocenters. The number of fused-ring (bicyclic) bond motifs is 1. The fourth-order valence-corrected chi connectivity index (χ4v) is 3.90. The van der Waals surface area contributed by atoms with Gasteiger partial charge in [0.05, 0.1) is 17.1 Å². The summed E-state index contributed by atoms with van der Waals surface area (Å²) in [5, 5.41) is 12.0. The number of thioether (sulfide) groups is 1. The first kappa shape index (κ1) is 17.3. The standard InChI is InChI=1S/C17H10BrClN4O2S/c18-9-1-6-13-12(7-9)15(16(25)20-13)21-22-17-23(14(24)8-26-17)11-4-2-10(19)3-5-11/h1-7H,8H2,(H,20,21,25)/b22-17-. The molecule has 0 saturated carbocycles. The Balaban J connectivity index is 1.71. The van der Waals surface area contributed by atoms with E-state index in [2.05, 4.69) is 31.4 Å². The molecule has 9 heteroatoms. The maximum Gasteiger partial charge on any atom is 0.276 e. The number of rotatable bonds is 2. The van der Waals surface area contributed by atoms with E-state index in [1.54, 1.807) is 36.4 Å². The van der Waals surface area contributed by atoms with E-state index >= 15 is 0 Å². The summed E-state index contributed by atoms with van der Waals surface area (Å²) in [6.07, 6.45) is 0. The van der Waals surface area contributed by atoms with Crippen molar-refractivity contribution in [2.75, 3.05) is 16.0 Å². The molecule has 2 aliphatic heterocycles. The van der Waals surface area contributed by atoms with Crippen molar-refractivity contribution in [1.29, 1.82) is 0 Å². The van der Waals surface area contributed by atoms with Crippen molar-refractivity contribution in [2.24, 2.45) is 10.2 Å². The van der Waals surface area contributed by atoms with Gasteiger partial charge in [-0.1, -0.05) is 39.3 Å². The number of halogens is 2. The lowest BCUT2D eigenvalue weighted by Crippen LogP contribution is -2.29. The monoisotopic (exact) mass is 448 g/mol. The fraction of sp³-hybridized carbons (Fsp3) is 0.0588. The normalized spacial score (nSPS) is 19.4. The van der Waals surface area contributed by atoms with Gasteiger partial charge >= 0.3 is 0 Å². The Morgan fingerprint density at radius 2 is 1.88 bits per heavy atom. The Morgan fingerprint density at radius 1 is 1.12 bits per heavy atom. The Bertz CT molecular complexity index is 991. The van der Waals surface area contributed by atoms with Gasteiger partial charge in [-0.3, -0.25) is 14.5 Å². The summed E-state index contributed by atoms with van der Waals surface area (Å²) in [6, 6.07) is 12.3. The van der Waals surface area contributed by atoms with Crippen LogP contribution in [0.25, 0.3) is 0 Å². The highest BCUT2D eigenvalue weighted by molar-refractivity contribution is 9.10. The zero-order valence-electron chi connectivity index (χ0n) is 13.1. The topological polar surface area (TPSA) is 74.1 Å². The van der Waals surface area contributed by atoms with E-state index in [0.717, 1.165) is 4.47 Å². The Hall–Kier alpha value is -2.16. The van der Waals surface area contributed by atoms with Crippen molar-refractivity contribution in [3.63, 3.8) is 0 Å². The number of anilines is 2. The van der Waals surface area contributed by atoms with Crippen LogP contribution in [0.3, 0.4) is 0 Å². The summed E-state index contributed by atoms with van der Waals surface area (Å²) < 4.78 is 0.835. The van der Waals surface area contributed by atoms with Crippen LogP contribution in [0.1, 0.15) is 5.56 Å². The number of nitrogens with one attached hydrogen (secondary N) is 1. The smallest absolute Gasteiger partial charge is 0.276 e. The molecule has 6 nitrogen and oxygen atoms in total. The third-order valence-corrected chi connectivity index (χ3v) is 5.44. The van der Waals surface area contributed by atoms with Crippen LogP contribution in [0.2, 0.25) is 5.02 Å². The third kappa shape index (κ3) is 3.15. The van der Waals surface area contributed by atoms with Crippen LogP contribution in [0.15, 0.2) is 57.1 Å². The molecule has 130 valence electrons. The van der Waals surface area contributed by atoms with E-state index in [1.807, 2.05) is 6.07 Å². The zero-order valence-corrected chi connectivity index (χ0v) is 16.2. The predicted molar refractivity (Wildman–Crippen MR) is 108 cm³/mol. The molecule has 0 aromatic heterocycles. The number of nitrogens with zero attached hydrogens (tertiary/aromatic N) is 3. The Morgan fingerprint density at radius 3 is 2.65 bits per heavy atom. The summed E-state index contributed by atoms with van der Waals surface area (Å²) in [4.78, 5) is 25.9. The summed E-state index contributed by atoms with van der Waals surface area (Å²) in [7, 11) is 0. The molecule has 1 N–H and O–H groups in total. The van der Waals surface area contributed by atoms with Crippen LogP contribution >= 0.6 is 39.3 Å². The minimum Gasteiger partial charge on any atom is -0.320 e. The molecule has 2 aromatic carbocycles. The second-order valence-electron chi connectivity index (χ2n) is 5.47. The number of hydrogen-bond donors (Lipinski definition) is 1. The molecular formula is C17H10BrClN4O2S. The predicted octanol–water partition coefficient (Wildman–Crippen LogP) is 3.89. The average molecular weight is 450 g/mol. The molecule has 0 bridgehead atoms. The SMILES string of the molecule is O=C1Nc2ccc(Br)cc2/C1=N\N=C1/SCC(=O)N1c1ccc(Cl)cc1. The van der Waals surface area contributed by atoms with E-state index < -0.39 is 0 Å². The number of hydrogen-bond acceptors (Lipinski definition) is 5. The first-order valence-corrected chi connectivity index (χ1v) is 9.67. The maximum absolute atomic E-state index is 12.2. The first-order chi connectivity index (χ1) is 12.5. The molecule has 2 aromatic rings. The molecular weight excluding hydrogens is 440 g/mol. The lowest BCUT2D eigenvalue weighted by molar-refractivity contribution is -0.115. The second kappa shape index (κ2) is 6.86. The second-order valence-corrected chi connectivity index (χ2v) is 7.76. The maximum atomic E-state index is 12.2. The van der Waals surface area contributed by atoms with Crippen LogP contribution in [-0.2, 0) is 9.59 Å². The van der Waals surface area contributed by atoms with Gasteiger partial charge in [-0.25, -0.2) is 0 Å². The number of amides is 2. The van der Waals surface area contributed by atoms with E-state index in [4.69, 9.17) is 11.6 Å². The lowest BCUT2D eigenvalue weighted by Gasteiger charge is -2.15. The zero-order chi connectivity index (χ0) is 18.3. The van der Waals surface area contributed by atoms with E-state index in [-0.39, 0.29) is 23.3 Å². The van der Waals surface area contributed by atoms with E-state index in [0.29, 0.717) is 27.1 Å². The van der Waals surface area contributed by atoms with Crippen molar-refractivity contribution in [3.05, 3.63) is 57.5 Å². The van der Waals surface area contributed by atoms with Crippen molar-refractivity contribution in [2.45, 2.75) is 0 Å². The highest BCUT2D eigenvalue weighted by atomic mass is 79.9. The summed E-state index contributed by atoms with van der Waals surface area (Å²) >= 11 is 10.6. The quantitative estimate of drug-likeness (QED) is 0.707. The van der Waals surface area contributed by atoms with Gasteiger partial charge in [-0.15, -0.1) is 10.2 Å². The van der Waals surface area contributed by atoms with Gasteiger partial charge in [0.25, 0.3) is 5.91 Å². The molecule has 0 spiro atoms. The fourth-order valence-electron chi connectivity index (χ4n) is 2.60. The molecule has 1 saturated heterocycles. The van der Waals surface area contributed by atoms with Gasteiger partial charge in [0.15, 0.2) is 10.9 Å². The number of carbonyl (C=O) groups excluding carboxylic acids is 2. The molecule has 0 aliphatic carbocycles. The van der Waals surface area contributed by atoms with Crippen LogP contribution in [-0.4, -0.2) is 28.4 Å². The van der Waals surface area contributed by atoms with Gasteiger partial charge in [0.1, 0.15) is 0 Å². The van der Waals surface area contributed by atoms with Gasteiger partial charge in [-0.2, -0.15) is 0 Å². The molecule has 2 heterocycles. The van der Waals surface area contributed by atoms with Crippen molar-refractivity contribution in [1.82, 2.24) is 0 Å². The molecule has 0 radical (unpaired) electrons. The van der Waals surface area contributed by atoms with Crippen molar-refractivity contribution < 1.29 is 9.59 Å². The molecule has 26 heavy (non-hydrogen) atoms. The van der Waals surface area contributed by atoms with Crippen molar-refractivity contribution >= 4 is 73.4 Å². The number of carbonyl (C=O) groups is 2.